The van der Waals surface area contributed by atoms with Crippen LogP contribution in [-0.2, 0) is 6.42 Å². The van der Waals surface area contributed by atoms with Gasteiger partial charge in [0.25, 0.3) is 0 Å². The van der Waals surface area contributed by atoms with Crippen LogP contribution in [-0.4, -0.2) is 10.2 Å². The maximum absolute atomic E-state index is 3.47. The molecule has 0 aliphatic rings. The molecule has 0 unspecified atom stereocenters. The molecule has 3 radical (unpaired) electrons. The number of hydrogen-bond acceptors (Lipinski definition) is 0. The van der Waals surface area contributed by atoms with Crippen molar-refractivity contribution in [1.82, 2.24) is 0 Å². The number of benzene rings is 1. The maximum Gasteiger partial charge on any atom is 0.0225 e. The Balaban J connectivity index is 2.86. The molecule has 0 amide bonds. The van der Waals surface area contributed by atoms with Crippen LogP contribution < -0.4 is 0 Å². The molecule has 0 aromatic heterocycles. The van der Waals surface area contributed by atoms with E-state index in [1.165, 1.54) is 14.7 Å². The van der Waals surface area contributed by atoms with Crippen LogP contribution in [0.2, 0.25) is 6.04 Å². The van der Waals surface area contributed by atoms with Crippen LogP contribution in [0, 0.1) is 10.5 Å². The van der Waals surface area contributed by atoms with Crippen LogP contribution >= 0.6 is 22.6 Å². The first-order chi connectivity index (χ1) is 5.24. The van der Waals surface area contributed by atoms with Crippen molar-refractivity contribution in [2.45, 2.75) is 19.4 Å². The first kappa shape index (κ1) is 9.26. The van der Waals surface area contributed by atoms with Crippen LogP contribution in [0.25, 0.3) is 0 Å². The van der Waals surface area contributed by atoms with Gasteiger partial charge in [0.15, 0.2) is 0 Å². The SMILES string of the molecule is Cc1cc(CC[Si])ccc1I. The molecule has 0 saturated heterocycles. The van der Waals surface area contributed by atoms with Crippen molar-refractivity contribution in [3.8, 4) is 0 Å². The minimum absolute atomic E-state index is 1.04. The Morgan fingerprint density at radius 3 is 2.73 bits per heavy atom. The zero-order valence-corrected chi connectivity index (χ0v) is 9.68. The highest BCUT2D eigenvalue weighted by Crippen LogP contribution is 2.13. The Hall–Kier alpha value is 0.167. The number of halogens is 1. The first-order valence-corrected chi connectivity index (χ1v) is 5.42. The van der Waals surface area contributed by atoms with Gasteiger partial charge in [-0.25, -0.2) is 0 Å². The summed E-state index contributed by atoms with van der Waals surface area (Å²) in [6, 6.07) is 7.66. The maximum atomic E-state index is 3.47. The highest BCUT2D eigenvalue weighted by molar-refractivity contribution is 14.1. The highest BCUT2D eigenvalue weighted by Gasteiger charge is 1.95. The fourth-order valence-corrected chi connectivity index (χ4v) is 1.63. The van der Waals surface area contributed by atoms with E-state index in [0.717, 1.165) is 12.5 Å². The summed E-state index contributed by atoms with van der Waals surface area (Å²) in [7, 11) is 3.47. The van der Waals surface area contributed by atoms with Gasteiger partial charge < -0.3 is 0 Å². The third-order valence-electron chi connectivity index (χ3n) is 1.64. The van der Waals surface area contributed by atoms with Crippen LogP contribution in [0.4, 0.5) is 0 Å². The summed E-state index contributed by atoms with van der Waals surface area (Å²) < 4.78 is 1.35. The minimum Gasteiger partial charge on any atom is -0.0597 e. The van der Waals surface area contributed by atoms with E-state index in [1.54, 1.807) is 0 Å². The monoisotopic (exact) mass is 273 g/mol. The molecule has 57 valence electrons. The van der Waals surface area contributed by atoms with Crippen LogP contribution in [0.1, 0.15) is 11.1 Å². The molecule has 0 N–H and O–H groups in total. The molecule has 0 saturated carbocycles. The van der Waals surface area contributed by atoms with Crippen molar-refractivity contribution >= 4 is 32.8 Å². The van der Waals surface area contributed by atoms with Gasteiger partial charge in [-0.3, -0.25) is 0 Å². The van der Waals surface area contributed by atoms with Crippen molar-refractivity contribution in [2.24, 2.45) is 0 Å². The van der Waals surface area contributed by atoms with Gasteiger partial charge in [-0.05, 0) is 53.1 Å². The molecule has 11 heavy (non-hydrogen) atoms. The van der Waals surface area contributed by atoms with E-state index >= 15 is 0 Å². The van der Waals surface area contributed by atoms with Gasteiger partial charge in [-0.2, -0.15) is 0 Å². The summed E-state index contributed by atoms with van der Waals surface area (Å²) in [4.78, 5) is 0. The lowest BCUT2D eigenvalue weighted by molar-refractivity contribution is 1.12. The molecule has 2 heteroatoms. The summed E-state index contributed by atoms with van der Waals surface area (Å²) in [5, 5.41) is 0. The molecule has 0 spiro atoms. The van der Waals surface area contributed by atoms with Crippen molar-refractivity contribution in [3.05, 3.63) is 32.9 Å². The van der Waals surface area contributed by atoms with Crippen molar-refractivity contribution in [3.63, 3.8) is 0 Å². The van der Waals surface area contributed by atoms with Gasteiger partial charge in [0, 0.05) is 13.8 Å². The lowest BCUT2D eigenvalue weighted by atomic mass is 10.1. The largest absolute Gasteiger partial charge is 0.0597 e. The molecule has 1 aromatic carbocycles. The zero-order valence-electron chi connectivity index (χ0n) is 6.52. The van der Waals surface area contributed by atoms with E-state index in [9.17, 15) is 0 Å². The summed E-state index contributed by atoms with van der Waals surface area (Å²) in [6.07, 6.45) is 1.12. The Morgan fingerprint density at radius 1 is 1.45 bits per heavy atom. The molecular formula is C9H10ISi. The van der Waals surface area contributed by atoms with E-state index in [1.807, 2.05) is 0 Å². The standard InChI is InChI=1S/C9H10ISi/c1-7-6-8(4-5-11)2-3-9(7)10/h2-3,6H,4-5H2,1H3. The van der Waals surface area contributed by atoms with Gasteiger partial charge in [-0.15, -0.1) is 0 Å². The van der Waals surface area contributed by atoms with Crippen molar-refractivity contribution in [2.75, 3.05) is 0 Å². The van der Waals surface area contributed by atoms with E-state index < -0.39 is 0 Å². The van der Waals surface area contributed by atoms with E-state index in [0.29, 0.717) is 0 Å². The molecule has 0 atom stereocenters. The van der Waals surface area contributed by atoms with Gasteiger partial charge in [0.2, 0.25) is 0 Å². The van der Waals surface area contributed by atoms with Gasteiger partial charge in [0.1, 0.15) is 0 Å². The van der Waals surface area contributed by atoms with E-state index in [4.69, 9.17) is 0 Å². The Labute approximate surface area is 85.0 Å². The van der Waals surface area contributed by atoms with Gasteiger partial charge in [-0.1, -0.05) is 18.2 Å². The quantitative estimate of drug-likeness (QED) is 0.574. The molecular weight excluding hydrogens is 263 g/mol. The van der Waals surface area contributed by atoms with Crippen molar-refractivity contribution in [1.29, 1.82) is 0 Å². The van der Waals surface area contributed by atoms with E-state index in [-0.39, 0.29) is 0 Å². The molecule has 0 heterocycles. The lowest BCUT2D eigenvalue weighted by Gasteiger charge is -2.01. The summed E-state index contributed by atoms with van der Waals surface area (Å²) >= 11 is 2.36. The average Bonchev–Trinajstić information content (AvgIpc) is 1.98. The fraction of sp³-hybridized carbons (Fsp3) is 0.333. The van der Waals surface area contributed by atoms with E-state index in [2.05, 4.69) is 58.0 Å². The van der Waals surface area contributed by atoms with Crippen molar-refractivity contribution < 1.29 is 0 Å². The number of hydrogen-bond donors (Lipinski definition) is 0. The Kier molecular flexibility index (Phi) is 3.58. The molecule has 0 aliphatic carbocycles. The predicted molar refractivity (Wildman–Crippen MR) is 58.2 cm³/mol. The molecule has 1 aromatic rings. The second kappa shape index (κ2) is 4.26. The third kappa shape index (κ3) is 2.59. The predicted octanol–water partition coefficient (Wildman–Crippen LogP) is 2.73. The van der Waals surface area contributed by atoms with Crippen LogP contribution in [0.15, 0.2) is 18.2 Å². The van der Waals surface area contributed by atoms with Crippen LogP contribution in [0.3, 0.4) is 0 Å². The van der Waals surface area contributed by atoms with Crippen LogP contribution in [0.5, 0.6) is 0 Å². The molecule has 0 aliphatic heterocycles. The highest BCUT2D eigenvalue weighted by atomic mass is 127. The zero-order chi connectivity index (χ0) is 8.27. The van der Waals surface area contributed by atoms with Gasteiger partial charge >= 0.3 is 0 Å². The summed E-state index contributed by atoms with van der Waals surface area (Å²) in [5.41, 5.74) is 2.79. The molecule has 0 fully saturated rings. The second-order valence-electron chi connectivity index (χ2n) is 2.58. The summed E-state index contributed by atoms with van der Waals surface area (Å²) in [5.74, 6) is 0. The lowest BCUT2D eigenvalue weighted by Crippen LogP contribution is -1.87. The second-order valence-corrected chi connectivity index (χ2v) is 4.25. The smallest absolute Gasteiger partial charge is 0.0225 e. The average molecular weight is 273 g/mol. The third-order valence-corrected chi connectivity index (χ3v) is 3.10. The Bertz CT molecular complexity index is 245. The van der Waals surface area contributed by atoms with Gasteiger partial charge in [0.05, 0.1) is 0 Å². The molecule has 0 nitrogen and oxygen atoms in total. The fourth-order valence-electron chi connectivity index (χ4n) is 1.01. The first-order valence-electron chi connectivity index (χ1n) is 3.63. The number of aryl methyl sites for hydroxylation is 2. The topological polar surface area (TPSA) is 0 Å². The number of rotatable bonds is 2. The Morgan fingerprint density at radius 2 is 2.18 bits per heavy atom. The normalized spacial score (nSPS) is 10.1. The minimum atomic E-state index is 1.04. The molecule has 0 bridgehead atoms. The summed E-state index contributed by atoms with van der Waals surface area (Å²) in [6.45, 7) is 2.15. The molecule has 1 rings (SSSR count).